The predicted octanol–water partition coefficient (Wildman–Crippen LogP) is 23.2. The SMILES string of the molecule is CCC1C(O)CCCC1C(C)C.CCC1CC(C(C)C)CCC1O.CCC1CCC(C(C)C)CC1O.CCC1CCCC(C(C)C)C1O.CCCC1CC(CC)CCC1O.CCCC1CC(O)CCC1CC.CCCC1CCC(CC)C(O)C1.CCCC1CCCC(CC)C1O. The zero-order valence-electron chi connectivity index (χ0n) is 68.0. The molecule has 8 aliphatic rings. The molecule has 0 spiro atoms. The normalized spacial score (nSPS) is 37.0. The minimum atomic E-state index is -0.0243. The molecule has 0 aromatic heterocycles. The molecule has 8 fully saturated rings. The maximum atomic E-state index is 10.00. The van der Waals surface area contributed by atoms with E-state index < -0.39 is 0 Å². The Balaban J connectivity index is 0.000000549. The zero-order valence-corrected chi connectivity index (χ0v) is 68.0. The van der Waals surface area contributed by atoms with Crippen molar-refractivity contribution in [2.75, 3.05) is 0 Å². The first-order valence-electron chi connectivity index (χ1n) is 43.2. The Hall–Kier alpha value is -0.320. The second-order valence-corrected chi connectivity index (χ2v) is 34.8. The molecule has 8 heteroatoms. The molecular formula is C88H176O8. The van der Waals surface area contributed by atoms with Crippen LogP contribution in [0.1, 0.15) is 395 Å². The van der Waals surface area contributed by atoms with Gasteiger partial charge in [-0.3, -0.25) is 0 Å². The fraction of sp³-hybridized carbons (Fsp3) is 1.00. The van der Waals surface area contributed by atoms with E-state index in [-0.39, 0.29) is 48.8 Å². The van der Waals surface area contributed by atoms with Crippen molar-refractivity contribution in [1.29, 1.82) is 0 Å². The molecule has 24 unspecified atom stereocenters. The van der Waals surface area contributed by atoms with E-state index >= 15 is 0 Å². The molecule has 8 N–H and O–H groups in total. The smallest absolute Gasteiger partial charge is 0.0598 e. The molecule has 8 aliphatic carbocycles. The van der Waals surface area contributed by atoms with E-state index in [1.165, 1.54) is 173 Å². The summed E-state index contributed by atoms with van der Waals surface area (Å²) in [5.41, 5.74) is 0. The van der Waals surface area contributed by atoms with Gasteiger partial charge in [-0.2, -0.15) is 0 Å². The highest BCUT2D eigenvalue weighted by Gasteiger charge is 2.36. The second kappa shape index (κ2) is 54.3. The van der Waals surface area contributed by atoms with Gasteiger partial charge in [0.2, 0.25) is 0 Å². The third-order valence-electron chi connectivity index (χ3n) is 26.9. The zero-order chi connectivity index (χ0) is 72.5. The highest BCUT2D eigenvalue weighted by Crippen LogP contribution is 2.42. The van der Waals surface area contributed by atoms with E-state index in [0.717, 1.165) is 143 Å². The van der Waals surface area contributed by atoms with Crippen molar-refractivity contribution in [3.8, 4) is 0 Å². The maximum absolute atomic E-state index is 10.00. The van der Waals surface area contributed by atoms with Crippen molar-refractivity contribution in [3.63, 3.8) is 0 Å². The lowest BCUT2D eigenvalue weighted by Gasteiger charge is -2.37. The molecule has 0 bridgehead atoms. The van der Waals surface area contributed by atoms with Gasteiger partial charge in [-0.15, -0.1) is 0 Å². The van der Waals surface area contributed by atoms with Crippen LogP contribution in [-0.2, 0) is 0 Å². The van der Waals surface area contributed by atoms with Crippen molar-refractivity contribution in [2.24, 2.45) is 118 Å². The van der Waals surface area contributed by atoms with Gasteiger partial charge in [0, 0.05) is 0 Å². The molecule has 0 saturated heterocycles. The van der Waals surface area contributed by atoms with Crippen molar-refractivity contribution in [1.82, 2.24) is 0 Å². The lowest BCUT2D eigenvalue weighted by molar-refractivity contribution is -0.00362. The maximum Gasteiger partial charge on any atom is 0.0598 e. The summed E-state index contributed by atoms with van der Waals surface area (Å²) in [5.74, 6) is 14.0. The summed E-state index contributed by atoms with van der Waals surface area (Å²) in [6.07, 6.45) is 48.4. The van der Waals surface area contributed by atoms with Gasteiger partial charge in [-0.25, -0.2) is 0 Å². The average Bonchev–Trinajstić information content (AvgIpc) is 1.13. The molecular weight excluding hydrogens is 1180 g/mol. The van der Waals surface area contributed by atoms with E-state index in [1.807, 2.05) is 0 Å². The Morgan fingerprint density at radius 2 is 0.677 bits per heavy atom. The van der Waals surface area contributed by atoms with Gasteiger partial charge in [-0.05, 0) is 266 Å². The minimum Gasteiger partial charge on any atom is -0.393 e. The van der Waals surface area contributed by atoms with Crippen LogP contribution in [-0.4, -0.2) is 89.7 Å². The highest BCUT2D eigenvalue weighted by molar-refractivity contribution is 4.87. The average molecular weight is 1360 g/mol. The van der Waals surface area contributed by atoms with Crippen molar-refractivity contribution in [3.05, 3.63) is 0 Å². The van der Waals surface area contributed by atoms with E-state index in [0.29, 0.717) is 59.2 Å². The van der Waals surface area contributed by atoms with Crippen LogP contribution in [0.3, 0.4) is 0 Å². The van der Waals surface area contributed by atoms with Crippen LogP contribution >= 0.6 is 0 Å². The van der Waals surface area contributed by atoms with Gasteiger partial charge in [0.15, 0.2) is 0 Å². The second-order valence-electron chi connectivity index (χ2n) is 34.8. The van der Waals surface area contributed by atoms with Crippen LogP contribution in [0.5, 0.6) is 0 Å². The van der Waals surface area contributed by atoms with Gasteiger partial charge in [-0.1, -0.05) is 248 Å². The van der Waals surface area contributed by atoms with Gasteiger partial charge in [0.1, 0.15) is 0 Å². The number of rotatable bonds is 20. The monoisotopic (exact) mass is 1360 g/mol. The van der Waals surface area contributed by atoms with Crippen molar-refractivity contribution >= 4 is 0 Å². The molecule has 8 nitrogen and oxygen atoms in total. The highest BCUT2D eigenvalue weighted by atomic mass is 16.3. The molecule has 24 atom stereocenters. The molecule has 0 amide bonds. The molecule has 8 saturated carbocycles. The molecule has 0 heterocycles. The molecule has 0 radical (unpaired) electrons. The van der Waals surface area contributed by atoms with E-state index in [2.05, 4.69) is 138 Å². The van der Waals surface area contributed by atoms with Crippen LogP contribution in [0.4, 0.5) is 0 Å². The first kappa shape index (κ1) is 93.7. The lowest BCUT2D eigenvalue weighted by Crippen LogP contribution is -2.35. The van der Waals surface area contributed by atoms with Gasteiger partial charge < -0.3 is 40.9 Å². The Labute approximate surface area is 600 Å². The van der Waals surface area contributed by atoms with E-state index in [9.17, 15) is 40.9 Å². The molecule has 576 valence electrons. The number of hydrogen-bond acceptors (Lipinski definition) is 8. The van der Waals surface area contributed by atoms with Crippen LogP contribution < -0.4 is 0 Å². The van der Waals surface area contributed by atoms with Crippen LogP contribution in [0.2, 0.25) is 0 Å². The third kappa shape index (κ3) is 35.4. The van der Waals surface area contributed by atoms with Crippen molar-refractivity contribution < 1.29 is 40.9 Å². The summed E-state index contributed by atoms with van der Waals surface area (Å²) in [5, 5.41) is 78.2. The summed E-state index contributed by atoms with van der Waals surface area (Å²) < 4.78 is 0. The minimum absolute atomic E-state index is 0.000278. The fourth-order valence-electron chi connectivity index (χ4n) is 19.7. The van der Waals surface area contributed by atoms with Crippen LogP contribution in [0, 0.1) is 118 Å². The molecule has 8 rings (SSSR count). The standard InChI is InChI=1S/8C11H22O/c1-4-9-7-10(8(2)3)5-6-11(9)12;1-4-9-5-6-10(8(2)3)7-11(9)12;1-4-9-10(8(2)3)6-5-7-11(9)12;1-4-9-6-5-7-10(8(2)3)11(9)12;1-3-6-10-8-5-7-9(4-2)11(10)12;1-3-5-9-6-7-10(4-2)11(12)8-9;1-3-5-10-8-11(12)7-6-9(10)4-2;1-3-5-10-8-9(4-2)6-7-11(10)12/h4*8-12H,4-7H2,1-3H3;4*9-12H,3-8H2,1-2H3. The summed E-state index contributed by atoms with van der Waals surface area (Å²) in [6.45, 7) is 44.8. The van der Waals surface area contributed by atoms with Gasteiger partial charge in [0.05, 0.1) is 48.8 Å². The Bertz CT molecular complexity index is 1740. The molecule has 0 aromatic rings. The first-order valence-corrected chi connectivity index (χ1v) is 43.2. The van der Waals surface area contributed by atoms with Crippen molar-refractivity contribution in [2.45, 2.75) is 444 Å². The number of aliphatic hydroxyl groups is 8. The lowest BCUT2D eigenvalue weighted by atomic mass is 9.71. The predicted molar refractivity (Wildman–Crippen MR) is 416 cm³/mol. The largest absolute Gasteiger partial charge is 0.393 e. The summed E-state index contributed by atoms with van der Waals surface area (Å²) in [6, 6.07) is 0. The van der Waals surface area contributed by atoms with Crippen LogP contribution in [0.25, 0.3) is 0 Å². The number of aliphatic hydroxyl groups excluding tert-OH is 8. The third-order valence-corrected chi connectivity index (χ3v) is 26.9. The molecule has 0 aliphatic heterocycles. The quantitative estimate of drug-likeness (QED) is 0.0598. The first-order chi connectivity index (χ1) is 45.7. The topological polar surface area (TPSA) is 162 Å². The van der Waals surface area contributed by atoms with Gasteiger partial charge >= 0.3 is 0 Å². The van der Waals surface area contributed by atoms with Gasteiger partial charge in [0.25, 0.3) is 0 Å². The number of hydrogen-bond donors (Lipinski definition) is 8. The Morgan fingerprint density at radius 3 is 1.17 bits per heavy atom. The van der Waals surface area contributed by atoms with E-state index in [1.54, 1.807) is 0 Å². The molecule has 96 heavy (non-hydrogen) atoms. The Morgan fingerprint density at radius 1 is 0.250 bits per heavy atom. The Kier molecular flexibility index (Phi) is 53.0. The fourth-order valence-corrected chi connectivity index (χ4v) is 19.7. The summed E-state index contributed by atoms with van der Waals surface area (Å²) in [4.78, 5) is 0. The summed E-state index contributed by atoms with van der Waals surface area (Å²) in [7, 11) is 0. The van der Waals surface area contributed by atoms with Crippen LogP contribution in [0.15, 0.2) is 0 Å². The summed E-state index contributed by atoms with van der Waals surface area (Å²) >= 11 is 0. The van der Waals surface area contributed by atoms with E-state index in [4.69, 9.17) is 0 Å². The molecule has 0 aromatic carbocycles.